The molecule has 34 heavy (non-hydrogen) atoms. The maximum atomic E-state index is 13.0. The van der Waals surface area contributed by atoms with Gasteiger partial charge in [0, 0.05) is 23.5 Å². The molecule has 0 spiro atoms. The van der Waals surface area contributed by atoms with Crippen LogP contribution < -0.4 is 4.74 Å². The van der Waals surface area contributed by atoms with Crippen LogP contribution in [-0.2, 0) is 16.2 Å². The molecule has 6 nitrogen and oxygen atoms in total. The number of likely N-dealkylation sites (tertiary alicyclic amines) is 1. The zero-order valence-electron chi connectivity index (χ0n) is 19.5. The number of rotatable bonds is 8. The Morgan fingerprint density at radius 2 is 1.85 bits per heavy atom. The summed E-state index contributed by atoms with van der Waals surface area (Å²) in [5.74, 6) is -0.707. The highest BCUT2D eigenvalue weighted by atomic mass is 32.1. The predicted octanol–water partition coefficient (Wildman–Crippen LogP) is 4.62. The molecule has 4 rings (SSSR count). The van der Waals surface area contributed by atoms with E-state index in [9.17, 15) is 14.7 Å². The molecule has 2 aromatic carbocycles. The minimum absolute atomic E-state index is 0.128. The van der Waals surface area contributed by atoms with Crippen molar-refractivity contribution in [1.82, 2.24) is 9.80 Å². The number of ether oxygens (including phenoxy) is 1. The molecule has 1 aromatic heterocycles. The van der Waals surface area contributed by atoms with E-state index in [0.29, 0.717) is 31.0 Å². The third-order valence-corrected chi connectivity index (χ3v) is 6.75. The second kappa shape index (κ2) is 10.2. The fraction of sp³-hybridized carbons (Fsp3) is 0.259. The van der Waals surface area contributed by atoms with E-state index in [1.807, 2.05) is 73.8 Å². The Kier molecular flexibility index (Phi) is 7.14. The van der Waals surface area contributed by atoms with E-state index < -0.39 is 17.7 Å². The fourth-order valence-corrected chi connectivity index (χ4v) is 4.86. The number of aryl methyl sites for hydroxylation is 1. The lowest BCUT2D eigenvalue weighted by Gasteiger charge is -2.25. The first-order chi connectivity index (χ1) is 16.4. The monoisotopic (exact) mass is 476 g/mol. The normalized spacial score (nSPS) is 17.5. The average Bonchev–Trinajstić information content (AvgIpc) is 3.44. The van der Waals surface area contributed by atoms with Crippen LogP contribution in [0.15, 0.2) is 71.6 Å². The summed E-state index contributed by atoms with van der Waals surface area (Å²) in [6, 6.07) is 18.3. The van der Waals surface area contributed by atoms with Crippen molar-refractivity contribution in [2.75, 3.05) is 27.2 Å². The van der Waals surface area contributed by atoms with Gasteiger partial charge in [0.05, 0.1) is 11.6 Å². The Balaban J connectivity index is 1.66. The van der Waals surface area contributed by atoms with Crippen LogP contribution in [0.4, 0.5) is 0 Å². The van der Waals surface area contributed by atoms with Crippen LogP contribution >= 0.6 is 11.3 Å². The molecule has 1 amide bonds. The molecule has 176 valence electrons. The topological polar surface area (TPSA) is 70.1 Å². The van der Waals surface area contributed by atoms with E-state index in [1.165, 1.54) is 11.3 Å². The summed E-state index contributed by atoms with van der Waals surface area (Å²) in [4.78, 5) is 30.3. The van der Waals surface area contributed by atoms with E-state index in [4.69, 9.17) is 4.74 Å². The molecule has 1 aliphatic heterocycles. The van der Waals surface area contributed by atoms with E-state index in [1.54, 1.807) is 23.1 Å². The third-order valence-electron chi connectivity index (χ3n) is 5.83. The molecule has 1 unspecified atom stereocenters. The lowest BCUT2D eigenvalue weighted by atomic mass is 9.98. The highest BCUT2D eigenvalue weighted by molar-refractivity contribution is 7.10. The van der Waals surface area contributed by atoms with Crippen molar-refractivity contribution in [1.29, 1.82) is 0 Å². The van der Waals surface area contributed by atoms with Gasteiger partial charge in [-0.3, -0.25) is 9.59 Å². The number of ketones is 1. The zero-order chi connectivity index (χ0) is 24.2. The molecular weight excluding hydrogens is 448 g/mol. The van der Waals surface area contributed by atoms with Crippen LogP contribution in [0, 0.1) is 6.92 Å². The van der Waals surface area contributed by atoms with Gasteiger partial charge in [0.2, 0.25) is 0 Å². The molecule has 1 saturated heterocycles. The van der Waals surface area contributed by atoms with Gasteiger partial charge in [-0.15, -0.1) is 11.3 Å². The van der Waals surface area contributed by atoms with Gasteiger partial charge in [-0.05, 0) is 61.8 Å². The molecule has 1 N–H and O–H groups in total. The van der Waals surface area contributed by atoms with Gasteiger partial charge in [0.15, 0.2) is 0 Å². The maximum absolute atomic E-state index is 13.0. The summed E-state index contributed by atoms with van der Waals surface area (Å²) >= 11 is 1.46. The number of Topliss-reactive ketones (excluding diaryl/α,β-unsaturated/α-hetero) is 1. The van der Waals surface area contributed by atoms with Crippen LogP contribution in [0.3, 0.4) is 0 Å². The first-order valence-corrected chi connectivity index (χ1v) is 12.0. The number of aliphatic hydroxyl groups excluding tert-OH is 1. The molecule has 1 fully saturated rings. The predicted molar refractivity (Wildman–Crippen MR) is 134 cm³/mol. The number of hydrogen-bond donors (Lipinski definition) is 1. The van der Waals surface area contributed by atoms with Gasteiger partial charge in [0.25, 0.3) is 11.7 Å². The number of benzene rings is 2. The Bertz CT molecular complexity index is 1200. The SMILES string of the molecule is Cc1cc(/C(O)=C2/C(=O)C(=O)N(CCN(C)C)C2c2cccs2)ccc1OCc1ccccc1. The quantitative estimate of drug-likeness (QED) is 0.292. The highest BCUT2D eigenvalue weighted by Gasteiger charge is 2.46. The number of hydrogen-bond acceptors (Lipinski definition) is 6. The smallest absolute Gasteiger partial charge is 0.295 e. The third kappa shape index (κ3) is 4.90. The molecule has 3 aromatic rings. The standard InChI is InChI=1S/C27H28N2O4S/c1-18-16-20(11-12-21(18)33-17-19-8-5-4-6-9-19)25(30)23-24(22-10-7-15-34-22)29(14-13-28(2)3)27(32)26(23)31/h4-12,15-16,24,30H,13-14,17H2,1-3H3/b25-23-. The second-order valence-electron chi connectivity index (χ2n) is 8.57. The lowest BCUT2D eigenvalue weighted by Crippen LogP contribution is -2.35. The van der Waals surface area contributed by atoms with Crippen LogP contribution in [0.5, 0.6) is 5.75 Å². The van der Waals surface area contributed by atoms with Crippen molar-refractivity contribution >= 4 is 28.8 Å². The van der Waals surface area contributed by atoms with Crippen molar-refractivity contribution in [3.63, 3.8) is 0 Å². The van der Waals surface area contributed by atoms with Gasteiger partial charge in [0.1, 0.15) is 18.1 Å². The van der Waals surface area contributed by atoms with E-state index in [-0.39, 0.29) is 11.3 Å². The number of carbonyl (C=O) groups is 2. The van der Waals surface area contributed by atoms with Gasteiger partial charge >= 0.3 is 0 Å². The largest absolute Gasteiger partial charge is 0.507 e. The van der Waals surface area contributed by atoms with Crippen LogP contribution in [-0.4, -0.2) is 53.8 Å². The number of carbonyl (C=O) groups excluding carboxylic acids is 2. The molecule has 7 heteroatoms. The number of thiophene rings is 1. The lowest BCUT2D eigenvalue weighted by molar-refractivity contribution is -0.140. The number of nitrogens with zero attached hydrogens (tertiary/aromatic N) is 2. The van der Waals surface area contributed by atoms with Crippen molar-refractivity contribution in [2.45, 2.75) is 19.6 Å². The van der Waals surface area contributed by atoms with Gasteiger partial charge in [-0.2, -0.15) is 0 Å². The summed E-state index contributed by atoms with van der Waals surface area (Å²) in [6.45, 7) is 3.33. The van der Waals surface area contributed by atoms with Crippen molar-refractivity contribution < 1.29 is 19.4 Å². The Morgan fingerprint density at radius 3 is 2.50 bits per heavy atom. The summed E-state index contributed by atoms with van der Waals surface area (Å²) in [7, 11) is 3.84. The molecule has 1 atom stereocenters. The average molecular weight is 477 g/mol. The molecule has 0 bridgehead atoms. The first kappa shape index (κ1) is 23.7. The number of amides is 1. The highest BCUT2D eigenvalue weighted by Crippen LogP contribution is 2.41. The van der Waals surface area contributed by atoms with Crippen LogP contribution in [0.25, 0.3) is 5.76 Å². The van der Waals surface area contributed by atoms with Crippen LogP contribution in [0.1, 0.15) is 27.6 Å². The van der Waals surface area contributed by atoms with Crippen molar-refractivity contribution in [3.8, 4) is 5.75 Å². The van der Waals surface area contributed by atoms with Gasteiger partial charge in [-0.25, -0.2) is 0 Å². The first-order valence-electron chi connectivity index (χ1n) is 11.1. The van der Waals surface area contributed by atoms with Crippen molar-refractivity contribution in [3.05, 3.63) is 93.2 Å². The minimum Gasteiger partial charge on any atom is -0.507 e. The maximum Gasteiger partial charge on any atom is 0.295 e. The molecule has 0 saturated carbocycles. The summed E-state index contributed by atoms with van der Waals surface area (Å²) in [6.07, 6.45) is 0. The van der Waals surface area contributed by atoms with E-state index in [0.717, 1.165) is 16.0 Å². The minimum atomic E-state index is -0.656. The van der Waals surface area contributed by atoms with E-state index in [2.05, 4.69) is 0 Å². The Morgan fingerprint density at radius 1 is 1.09 bits per heavy atom. The second-order valence-corrected chi connectivity index (χ2v) is 9.55. The molecule has 0 radical (unpaired) electrons. The Hall–Kier alpha value is -3.42. The molecular formula is C27H28N2O4S. The molecule has 2 heterocycles. The fourth-order valence-electron chi connectivity index (χ4n) is 4.01. The number of aliphatic hydroxyl groups is 1. The summed E-state index contributed by atoms with van der Waals surface area (Å²) in [5, 5.41) is 13.1. The zero-order valence-corrected chi connectivity index (χ0v) is 20.3. The van der Waals surface area contributed by atoms with Gasteiger partial charge < -0.3 is 19.6 Å². The molecule has 1 aliphatic rings. The molecule has 0 aliphatic carbocycles. The van der Waals surface area contributed by atoms with Gasteiger partial charge in [-0.1, -0.05) is 36.4 Å². The summed E-state index contributed by atoms with van der Waals surface area (Å²) in [5.41, 5.74) is 2.50. The summed E-state index contributed by atoms with van der Waals surface area (Å²) < 4.78 is 5.94. The van der Waals surface area contributed by atoms with Crippen LogP contribution in [0.2, 0.25) is 0 Å². The van der Waals surface area contributed by atoms with Crippen molar-refractivity contribution in [2.24, 2.45) is 0 Å². The van der Waals surface area contributed by atoms with E-state index >= 15 is 0 Å². The number of likely N-dealkylation sites (N-methyl/N-ethyl adjacent to an activating group) is 1. The Labute approximate surface area is 203 Å².